The fourth-order valence-electron chi connectivity index (χ4n) is 7.89. The second-order valence-electron chi connectivity index (χ2n) is 10.2. The van der Waals surface area contributed by atoms with Crippen molar-refractivity contribution in [1.82, 2.24) is 0 Å². The average Bonchev–Trinajstić information content (AvgIpc) is 3.30. The van der Waals surface area contributed by atoms with Gasteiger partial charge in [-0.3, -0.25) is 4.79 Å². The van der Waals surface area contributed by atoms with Crippen LogP contribution in [0.5, 0.6) is 0 Å². The minimum Gasteiger partial charge on any atom is -0.365 e. The molecule has 0 unspecified atom stereocenters. The van der Waals surface area contributed by atoms with Gasteiger partial charge in [0.25, 0.3) is 0 Å². The molecule has 25 heavy (non-hydrogen) atoms. The number of carbonyl (C=O) groups is 1. The van der Waals surface area contributed by atoms with Gasteiger partial charge in [0.1, 0.15) is 6.10 Å². The van der Waals surface area contributed by atoms with Gasteiger partial charge in [-0.2, -0.15) is 0 Å². The van der Waals surface area contributed by atoms with Crippen LogP contribution in [0.2, 0.25) is 0 Å². The molecule has 0 spiro atoms. The Morgan fingerprint density at radius 1 is 1.24 bits per heavy atom. The summed E-state index contributed by atoms with van der Waals surface area (Å²) in [5.41, 5.74) is 2.07. The molecule has 0 amide bonds. The summed E-state index contributed by atoms with van der Waals surface area (Å²) >= 11 is 3.75. The predicted octanol–water partition coefficient (Wildman–Crippen LogP) is 5.15. The highest BCUT2D eigenvalue weighted by Crippen LogP contribution is 2.70. The maximum absolute atomic E-state index is 12.0. The number of rotatable bonds is 2. The zero-order valence-corrected chi connectivity index (χ0v) is 17.3. The molecule has 0 bridgehead atoms. The van der Waals surface area contributed by atoms with E-state index in [9.17, 15) is 4.79 Å². The Hall–Kier alpha value is -0.150. The molecule has 1 saturated heterocycles. The molecule has 0 radical (unpaired) electrons. The van der Waals surface area contributed by atoms with Crippen molar-refractivity contribution in [3.63, 3.8) is 0 Å². The van der Waals surface area contributed by atoms with Gasteiger partial charge in [-0.25, -0.2) is 0 Å². The summed E-state index contributed by atoms with van der Waals surface area (Å²) < 4.78 is 6.28. The predicted molar refractivity (Wildman–Crippen MR) is 103 cm³/mol. The van der Waals surface area contributed by atoms with Crippen LogP contribution < -0.4 is 0 Å². The molecule has 138 valence electrons. The van der Waals surface area contributed by atoms with Crippen LogP contribution in [0.1, 0.15) is 59.3 Å². The molecule has 0 aromatic carbocycles. The third-order valence-corrected chi connectivity index (χ3v) is 10.3. The summed E-state index contributed by atoms with van der Waals surface area (Å²) in [6.07, 6.45) is 9.94. The van der Waals surface area contributed by atoms with Gasteiger partial charge in [0.2, 0.25) is 0 Å². The molecule has 5 rings (SSSR count). The van der Waals surface area contributed by atoms with Crippen LogP contribution in [0, 0.1) is 40.4 Å². The Labute approximate surface area is 160 Å². The number of hydrogen-bond acceptors (Lipinski definition) is 2. The molecule has 1 heterocycles. The van der Waals surface area contributed by atoms with Crippen LogP contribution in [0.4, 0.5) is 0 Å². The molecule has 9 atom stereocenters. The van der Waals surface area contributed by atoms with Crippen LogP contribution >= 0.6 is 15.9 Å². The van der Waals surface area contributed by atoms with E-state index in [4.69, 9.17) is 4.74 Å². The van der Waals surface area contributed by atoms with E-state index in [1.54, 1.807) is 0 Å². The number of halogens is 1. The van der Waals surface area contributed by atoms with E-state index < -0.39 is 0 Å². The number of ketones is 1. The Kier molecular flexibility index (Phi) is 3.69. The third-order valence-electron chi connectivity index (χ3n) is 9.23. The first-order chi connectivity index (χ1) is 11.9. The zero-order chi connectivity index (χ0) is 17.6. The van der Waals surface area contributed by atoms with E-state index in [2.05, 4.69) is 36.7 Å². The summed E-state index contributed by atoms with van der Waals surface area (Å²) in [4.78, 5) is 12.0. The van der Waals surface area contributed by atoms with E-state index >= 15 is 0 Å². The molecule has 0 aromatic heterocycles. The molecule has 0 N–H and O–H groups in total. The lowest BCUT2D eigenvalue weighted by molar-refractivity contribution is -0.117. The largest absolute Gasteiger partial charge is 0.365 e. The van der Waals surface area contributed by atoms with Crippen LogP contribution in [-0.2, 0) is 9.53 Å². The maximum Gasteiger partial charge on any atom is 0.155 e. The van der Waals surface area contributed by atoms with Gasteiger partial charge in [0.15, 0.2) is 5.78 Å². The molecule has 0 aromatic rings. The van der Waals surface area contributed by atoms with Crippen molar-refractivity contribution < 1.29 is 9.53 Å². The summed E-state index contributed by atoms with van der Waals surface area (Å²) in [5.74, 6) is 4.23. The Bertz CT molecular complexity index is 642. The van der Waals surface area contributed by atoms with Crippen molar-refractivity contribution in [3.8, 4) is 0 Å². The lowest BCUT2D eigenvalue weighted by atomic mass is 9.46. The topological polar surface area (TPSA) is 29.6 Å². The highest BCUT2D eigenvalue weighted by atomic mass is 79.9. The number of alkyl halides is 1. The Balaban J connectivity index is 1.51. The zero-order valence-electron chi connectivity index (χ0n) is 15.8. The van der Waals surface area contributed by atoms with Crippen molar-refractivity contribution in [2.75, 3.05) is 5.33 Å². The highest BCUT2D eigenvalue weighted by Gasteiger charge is 2.69. The minimum absolute atomic E-state index is 0.219. The quantitative estimate of drug-likeness (QED) is 0.468. The fourth-order valence-corrected chi connectivity index (χ4v) is 8.34. The molecule has 4 aliphatic carbocycles. The van der Waals surface area contributed by atoms with Crippen molar-refractivity contribution in [1.29, 1.82) is 0 Å². The second kappa shape index (κ2) is 5.44. The molecule has 4 fully saturated rings. The van der Waals surface area contributed by atoms with E-state index in [0.717, 1.165) is 47.8 Å². The Morgan fingerprint density at radius 3 is 2.80 bits per heavy atom. The van der Waals surface area contributed by atoms with Crippen LogP contribution in [0.3, 0.4) is 0 Å². The Morgan fingerprint density at radius 2 is 2.04 bits per heavy atom. The fraction of sp³-hybridized carbons (Fsp3) is 0.864. The van der Waals surface area contributed by atoms with Gasteiger partial charge in [0, 0.05) is 11.8 Å². The van der Waals surface area contributed by atoms with Crippen LogP contribution in [-0.4, -0.2) is 23.3 Å². The summed E-state index contributed by atoms with van der Waals surface area (Å²) in [7, 11) is 0. The number of epoxide rings is 1. The van der Waals surface area contributed by atoms with Gasteiger partial charge >= 0.3 is 0 Å². The summed E-state index contributed by atoms with van der Waals surface area (Å²) in [6.45, 7) is 7.49. The number of ether oxygens (including phenoxy) is 1. The van der Waals surface area contributed by atoms with Crippen molar-refractivity contribution in [2.24, 2.45) is 40.4 Å². The van der Waals surface area contributed by atoms with E-state index in [0.29, 0.717) is 17.3 Å². The SMILES string of the molecule is C[C@H](CBr)[C@H]1CC[C@H]2[C@@H]3[C@H]4O[C@H]4C4=CC(=O)CC[C@]4(C)[C@H]3CC[C@]12C. The maximum atomic E-state index is 12.0. The normalized spacial score (nSPS) is 54.7. The summed E-state index contributed by atoms with van der Waals surface area (Å²) in [5, 5.41) is 1.13. The van der Waals surface area contributed by atoms with Crippen LogP contribution in [0.15, 0.2) is 11.6 Å². The average molecular weight is 407 g/mol. The standard InChI is InChI=1S/C22H31BrO2/c1-12(11-23)14-4-5-15-18-16(7-9-21(14,15)2)22(3)8-6-13(24)10-17(22)19-20(18)25-19/h10,12,14-16,18-20H,4-9,11H2,1-3H3/t12-,14-,15+,16+,18+,19+,20-,21-,22-/m1/s1. The first-order valence-corrected chi connectivity index (χ1v) is 11.5. The van der Waals surface area contributed by atoms with Crippen molar-refractivity contribution >= 4 is 21.7 Å². The second-order valence-corrected chi connectivity index (χ2v) is 10.8. The molecular weight excluding hydrogens is 376 g/mol. The van der Waals surface area contributed by atoms with Gasteiger partial charge in [0.05, 0.1) is 6.10 Å². The van der Waals surface area contributed by atoms with Crippen molar-refractivity contribution in [3.05, 3.63) is 11.6 Å². The van der Waals surface area contributed by atoms with E-state index in [1.165, 1.54) is 31.3 Å². The van der Waals surface area contributed by atoms with Crippen LogP contribution in [0.25, 0.3) is 0 Å². The molecular formula is C22H31BrO2. The van der Waals surface area contributed by atoms with Gasteiger partial charge in [-0.15, -0.1) is 0 Å². The van der Waals surface area contributed by atoms with Crippen molar-refractivity contribution in [2.45, 2.75) is 71.5 Å². The molecule has 5 aliphatic rings. The highest BCUT2D eigenvalue weighted by molar-refractivity contribution is 9.09. The lowest BCUT2D eigenvalue weighted by Crippen LogP contribution is -2.53. The van der Waals surface area contributed by atoms with Gasteiger partial charge < -0.3 is 4.74 Å². The molecule has 3 heteroatoms. The molecule has 1 aliphatic heterocycles. The monoisotopic (exact) mass is 406 g/mol. The third kappa shape index (κ3) is 2.15. The molecule has 3 saturated carbocycles. The number of carbonyl (C=O) groups excluding carboxylic acids is 1. The number of fused-ring (bicyclic) bond motifs is 8. The first-order valence-electron chi connectivity index (χ1n) is 10.4. The first kappa shape index (κ1) is 17.0. The van der Waals surface area contributed by atoms with Gasteiger partial charge in [-0.1, -0.05) is 36.7 Å². The van der Waals surface area contributed by atoms with E-state index in [-0.39, 0.29) is 11.5 Å². The summed E-state index contributed by atoms with van der Waals surface area (Å²) in [6, 6.07) is 0. The van der Waals surface area contributed by atoms with E-state index in [1.807, 2.05) is 6.08 Å². The molecule has 2 nitrogen and oxygen atoms in total. The smallest absolute Gasteiger partial charge is 0.155 e. The number of hydrogen-bond donors (Lipinski definition) is 0. The minimum atomic E-state index is 0.219. The lowest BCUT2D eigenvalue weighted by Gasteiger charge is -2.57. The van der Waals surface area contributed by atoms with Gasteiger partial charge in [-0.05, 0) is 84.2 Å².